The van der Waals surface area contributed by atoms with Crippen molar-refractivity contribution in [1.82, 2.24) is 15.1 Å². The highest BCUT2D eigenvalue weighted by atomic mass is 16.2. The zero-order chi connectivity index (χ0) is 12.7. The van der Waals surface area contributed by atoms with Gasteiger partial charge < -0.3 is 10.2 Å². The van der Waals surface area contributed by atoms with E-state index in [1.165, 1.54) is 4.90 Å². The Balaban J connectivity index is 1.50. The largest absolute Gasteiger partial charge is 0.340 e. The van der Waals surface area contributed by atoms with E-state index in [1.807, 2.05) is 0 Å². The number of piperazine rings is 1. The summed E-state index contributed by atoms with van der Waals surface area (Å²) in [5, 5.41) is 3.18. The van der Waals surface area contributed by atoms with Crippen molar-refractivity contribution in [2.45, 2.75) is 12.8 Å². The second kappa shape index (κ2) is 4.35. The van der Waals surface area contributed by atoms with Crippen molar-refractivity contribution in [3.05, 3.63) is 0 Å². The first-order chi connectivity index (χ1) is 8.68. The van der Waals surface area contributed by atoms with Crippen molar-refractivity contribution in [1.29, 1.82) is 0 Å². The molecule has 6 nitrogen and oxygen atoms in total. The number of nitrogens with zero attached hydrogens (tertiary/aromatic N) is 2. The molecule has 1 saturated carbocycles. The molecular formula is C12H17N3O3. The van der Waals surface area contributed by atoms with E-state index in [2.05, 4.69) is 5.32 Å². The molecule has 0 aromatic carbocycles. The fourth-order valence-electron chi connectivity index (χ4n) is 2.75. The highest BCUT2D eigenvalue weighted by Gasteiger charge is 2.58. The summed E-state index contributed by atoms with van der Waals surface area (Å²) in [6.07, 6.45) is 0.983. The van der Waals surface area contributed by atoms with E-state index in [-0.39, 0.29) is 42.5 Å². The van der Waals surface area contributed by atoms with Gasteiger partial charge in [0.25, 0.3) is 0 Å². The summed E-state index contributed by atoms with van der Waals surface area (Å²) in [5.74, 6) is -0.229. The van der Waals surface area contributed by atoms with Crippen LogP contribution in [0.5, 0.6) is 0 Å². The molecule has 2 atom stereocenters. The van der Waals surface area contributed by atoms with Crippen molar-refractivity contribution in [3.8, 4) is 0 Å². The van der Waals surface area contributed by atoms with E-state index in [0.717, 1.165) is 19.5 Å². The number of likely N-dealkylation sites (tertiary alicyclic amines) is 1. The Morgan fingerprint density at radius 3 is 2.39 bits per heavy atom. The van der Waals surface area contributed by atoms with Gasteiger partial charge >= 0.3 is 0 Å². The lowest BCUT2D eigenvalue weighted by molar-refractivity contribution is -0.142. The van der Waals surface area contributed by atoms with E-state index in [4.69, 9.17) is 0 Å². The second-order valence-corrected chi connectivity index (χ2v) is 5.16. The molecule has 6 heteroatoms. The molecule has 1 aliphatic carbocycles. The number of fused-ring (bicyclic) bond motifs is 1. The van der Waals surface area contributed by atoms with Crippen molar-refractivity contribution < 1.29 is 14.4 Å². The third kappa shape index (κ3) is 1.90. The molecule has 3 fully saturated rings. The van der Waals surface area contributed by atoms with Gasteiger partial charge in [0.1, 0.15) is 0 Å². The van der Waals surface area contributed by atoms with Crippen molar-refractivity contribution in [3.63, 3.8) is 0 Å². The maximum Gasteiger partial charge on any atom is 0.233 e. The van der Waals surface area contributed by atoms with Gasteiger partial charge in [0, 0.05) is 39.1 Å². The summed E-state index contributed by atoms with van der Waals surface area (Å²) in [6.45, 7) is 3.32. The second-order valence-electron chi connectivity index (χ2n) is 5.16. The van der Waals surface area contributed by atoms with Crippen LogP contribution in [0.2, 0.25) is 0 Å². The smallest absolute Gasteiger partial charge is 0.233 e. The first-order valence-corrected chi connectivity index (χ1v) is 6.52. The van der Waals surface area contributed by atoms with Gasteiger partial charge in [-0.1, -0.05) is 0 Å². The molecular weight excluding hydrogens is 234 g/mol. The fourth-order valence-corrected chi connectivity index (χ4v) is 2.75. The lowest BCUT2D eigenvalue weighted by Crippen LogP contribution is -2.47. The van der Waals surface area contributed by atoms with Crippen molar-refractivity contribution >= 4 is 17.7 Å². The predicted octanol–water partition coefficient (Wildman–Crippen LogP) is -1.19. The normalized spacial score (nSPS) is 30.7. The Kier molecular flexibility index (Phi) is 2.81. The summed E-state index contributed by atoms with van der Waals surface area (Å²) in [6, 6.07) is 0. The molecule has 0 bridgehead atoms. The number of carbonyl (C=O) groups excluding carboxylic acids is 3. The number of carbonyl (C=O) groups is 3. The molecule has 0 aromatic heterocycles. The van der Waals surface area contributed by atoms with Crippen LogP contribution in [0.25, 0.3) is 0 Å². The van der Waals surface area contributed by atoms with Gasteiger partial charge in [-0.25, -0.2) is 0 Å². The van der Waals surface area contributed by atoms with Crippen LogP contribution >= 0.6 is 0 Å². The Bertz CT molecular complexity index is 383. The maximum atomic E-state index is 11.9. The summed E-state index contributed by atoms with van der Waals surface area (Å²) < 4.78 is 0. The van der Waals surface area contributed by atoms with Gasteiger partial charge in [0.05, 0.1) is 11.8 Å². The molecule has 3 rings (SSSR count). The Morgan fingerprint density at radius 1 is 1.17 bits per heavy atom. The molecule has 98 valence electrons. The zero-order valence-corrected chi connectivity index (χ0v) is 10.2. The molecule has 2 aliphatic heterocycles. The molecule has 2 heterocycles. The standard InChI is InChI=1S/C12H17N3O3/c16-10(14-5-2-13-3-6-14)1-4-15-11(17)8-7-9(8)12(15)18/h8-9,13H,1-7H2. The van der Waals surface area contributed by atoms with Crippen LogP contribution in [0.15, 0.2) is 0 Å². The SMILES string of the molecule is O=C(CCN1C(=O)C2CC2C1=O)N1CCNCC1. The molecule has 2 saturated heterocycles. The van der Waals surface area contributed by atoms with Crippen LogP contribution in [0, 0.1) is 11.8 Å². The van der Waals surface area contributed by atoms with Crippen LogP contribution in [-0.2, 0) is 14.4 Å². The maximum absolute atomic E-state index is 11.9. The average molecular weight is 251 g/mol. The monoisotopic (exact) mass is 251 g/mol. The highest BCUT2D eigenvalue weighted by molar-refractivity contribution is 6.09. The number of imide groups is 1. The number of hydrogen-bond donors (Lipinski definition) is 1. The minimum absolute atomic E-state index is 0.0395. The minimum atomic E-state index is -0.0712. The van der Waals surface area contributed by atoms with Gasteiger partial charge in [-0.2, -0.15) is 0 Å². The molecule has 3 amide bonds. The van der Waals surface area contributed by atoms with Gasteiger partial charge in [0.15, 0.2) is 0 Å². The van der Waals surface area contributed by atoms with Gasteiger partial charge in [-0.3, -0.25) is 19.3 Å². The summed E-state index contributed by atoms with van der Waals surface area (Å²) >= 11 is 0. The molecule has 2 unspecified atom stereocenters. The number of rotatable bonds is 3. The first-order valence-electron chi connectivity index (χ1n) is 6.52. The van der Waals surface area contributed by atoms with Crippen molar-refractivity contribution in [2.24, 2.45) is 11.8 Å². The van der Waals surface area contributed by atoms with Crippen molar-refractivity contribution in [2.75, 3.05) is 32.7 Å². The van der Waals surface area contributed by atoms with Gasteiger partial charge in [-0.05, 0) is 6.42 Å². The number of hydrogen-bond acceptors (Lipinski definition) is 4. The topological polar surface area (TPSA) is 69.7 Å². The van der Waals surface area contributed by atoms with E-state index in [0.29, 0.717) is 13.1 Å². The van der Waals surface area contributed by atoms with Gasteiger partial charge in [-0.15, -0.1) is 0 Å². The quantitative estimate of drug-likeness (QED) is 0.641. The lowest BCUT2D eigenvalue weighted by atomic mass is 10.3. The van der Waals surface area contributed by atoms with Crippen LogP contribution < -0.4 is 5.32 Å². The summed E-state index contributed by atoms with van der Waals surface area (Å²) in [5.41, 5.74) is 0. The van der Waals surface area contributed by atoms with Crippen LogP contribution in [-0.4, -0.2) is 60.2 Å². The Hall–Kier alpha value is -1.43. The van der Waals surface area contributed by atoms with Crippen LogP contribution in [0.3, 0.4) is 0 Å². The third-order valence-corrected chi connectivity index (χ3v) is 3.98. The van der Waals surface area contributed by atoms with Crippen LogP contribution in [0.1, 0.15) is 12.8 Å². The van der Waals surface area contributed by atoms with E-state index >= 15 is 0 Å². The van der Waals surface area contributed by atoms with Crippen LogP contribution in [0.4, 0.5) is 0 Å². The number of nitrogens with one attached hydrogen (secondary N) is 1. The Morgan fingerprint density at radius 2 is 1.78 bits per heavy atom. The third-order valence-electron chi connectivity index (χ3n) is 3.98. The fraction of sp³-hybridized carbons (Fsp3) is 0.750. The Labute approximate surface area is 105 Å². The summed E-state index contributed by atoms with van der Waals surface area (Å²) in [4.78, 5) is 38.4. The average Bonchev–Trinajstić information content (AvgIpc) is 3.15. The molecule has 0 spiro atoms. The molecule has 0 aromatic rings. The first kappa shape index (κ1) is 11.6. The molecule has 18 heavy (non-hydrogen) atoms. The summed E-state index contributed by atoms with van der Waals surface area (Å²) in [7, 11) is 0. The molecule has 3 aliphatic rings. The van der Waals surface area contributed by atoms with Gasteiger partial charge in [0.2, 0.25) is 17.7 Å². The predicted molar refractivity (Wildman–Crippen MR) is 62.4 cm³/mol. The van der Waals surface area contributed by atoms with E-state index in [1.54, 1.807) is 4.90 Å². The molecule has 1 N–H and O–H groups in total. The van der Waals surface area contributed by atoms with E-state index in [9.17, 15) is 14.4 Å². The zero-order valence-electron chi connectivity index (χ0n) is 10.2. The lowest BCUT2D eigenvalue weighted by Gasteiger charge is -2.28. The number of piperidine rings is 1. The highest BCUT2D eigenvalue weighted by Crippen LogP contribution is 2.46. The minimum Gasteiger partial charge on any atom is -0.340 e. The number of amides is 3. The molecule has 0 radical (unpaired) electrons. The van der Waals surface area contributed by atoms with E-state index < -0.39 is 0 Å².